The fourth-order valence-corrected chi connectivity index (χ4v) is 6.28. The summed E-state index contributed by atoms with van der Waals surface area (Å²) in [5, 5.41) is 0. The maximum Gasteiger partial charge on any atom is 0.225 e. The van der Waals surface area contributed by atoms with Gasteiger partial charge in [0.1, 0.15) is 0 Å². The van der Waals surface area contributed by atoms with Crippen LogP contribution in [0.15, 0.2) is 11.6 Å². The molecule has 0 radical (unpaired) electrons. The number of carbonyl (C=O) groups excluding carboxylic acids is 2. The number of amides is 2. The highest BCUT2D eigenvalue weighted by Gasteiger charge is 2.51. The van der Waals surface area contributed by atoms with E-state index in [4.69, 9.17) is 0 Å². The molecular weight excluding hydrogens is 374 g/mol. The van der Waals surface area contributed by atoms with Gasteiger partial charge in [0, 0.05) is 58.2 Å². The smallest absolute Gasteiger partial charge is 0.225 e. The molecule has 2 unspecified atom stereocenters. The molecular formula is C25H41N3O2. The molecule has 2 bridgehead atoms. The van der Waals surface area contributed by atoms with Gasteiger partial charge in [0.05, 0.1) is 0 Å². The molecule has 0 spiro atoms. The molecule has 0 aromatic rings. The fourth-order valence-electron chi connectivity index (χ4n) is 6.28. The Morgan fingerprint density at radius 3 is 2.43 bits per heavy atom. The number of carbonyl (C=O) groups is 2. The van der Waals surface area contributed by atoms with Crippen LogP contribution in [0.3, 0.4) is 0 Å². The lowest BCUT2D eigenvalue weighted by atomic mass is 9.49. The first-order valence-electron chi connectivity index (χ1n) is 12.4. The predicted molar refractivity (Wildman–Crippen MR) is 120 cm³/mol. The van der Waals surface area contributed by atoms with Crippen molar-refractivity contribution in [2.75, 3.05) is 45.8 Å². The standard InChI is InChI=1S/C25H41N3O2/c1-4-23(29)28(18-20-9-10-21-17-22(20)25(21,2)3)16-13-26-11-14-27(15-12-26)24(30)19-7-5-6-8-19/h9,19,21-22H,4-8,10-18H2,1-3H3. The molecule has 0 aromatic heterocycles. The third-order valence-electron chi connectivity index (χ3n) is 8.69. The van der Waals surface area contributed by atoms with E-state index in [1.165, 1.54) is 31.3 Å². The molecule has 5 aliphatic rings. The Morgan fingerprint density at radius 2 is 1.83 bits per heavy atom. The molecule has 2 amide bonds. The normalized spacial score (nSPS) is 28.8. The van der Waals surface area contributed by atoms with Crippen molar-refractivity contribution in [3.05, 3.63) is 11.6 Å². The summed E-state index contributed by atoms with van der Waals surface area (Å²) in [5.41, 5.74) is 1.91. The second kappa shape index (κ2) is 9.02. The van der Waals surface area contributed by atoms with Crippen LogP contribution in [0.1, 0.15) is 65.7 Å². The Labute approximate surface area is 182 Å². The van der Waals surface area contributed by atoms with Crippen molar-refractivity contribution in [3.8, 4) is 0 Å². The zero-order chi connectivity index (χ0) is 21.3. The molecule has 30 heavy (non-hydrogen) atoms. The average Bonchev–Trinajstić information content (AvgIpc) is 3.31. The molecule has 0 N–H and O–H groups in total. The van der Waals surface area contributed by atoms with Crippen LogP contribution in [0.4, 0.5) is 0 Å². The van der Waals surface area contributed by atoms with E-state index in [9.17, 15) is 9.59 Å². The first kappa shape index (κ1) is 21.9. The highest BCUT2D eigenvalue weighted by Crippen LogP contribution is 2.59. The summed E-state index contributed by atoms with van der Waals surface area (Å²) in [6.07, 6.45) is 10.1. The Kier molecular flexibility index (Phi) is 6.57. The molecule has 5 rings (SSSR count). The van der Waals surface area contributed by atoms with Gasteiger partial charge in [-0.25, -0.2) is 0 Å². The van der Waals surface area contributed by atoms with E-state index in [1.54, 1.807) is 0 Å². The minimum Gasteiger partial charge on any atom is -0.340 e. The fraction of sp³-hybridized carbons (Fsp3) is 0.840. The van der Waals surface area contributed by atoms with E-state index in [0.29, 0.717) is 23.7 Å². The maximum atomic E-state index is 12.7. The topological polar surface area (TPSA) is 43.9 Å². The van der Waals surface area contributed by atoms with Crippen molar-refractivity contribution >= 4 is 11.8 Å². The lowest BCUT2D eigenvalue weighted by molar-refractivity contribution is -0.137. The second-order valence-corrected chi connectivity index (χ2v) is 10.6. The largest absolute Gasteiger partial charge is 0.340 e. The minimum atomic E-state index is 0.269. The molecule has 3 fully saturated rings. The highest BCUT2D eigenvalue weighted by molar-refractivity contribution is 5.79. The van der Waals surface area contributed by atoms with Crippen molar-refractivity contribution in [2.45, 2.75) is 65.7 Å². The van der Waals surface area contributed by atoms with Crippen LogP contribution < -0.4 is 0 Å². The average molecular weight is 416 g/mol. The van der Waals surface area contributed by atoms with Crippen molar-refractivity contribution in [3.63, 3.8) is 0 Å². The van der Waals surface area contributed by atoms with Gasteiger partial charge in [-0.1, -0.05) is 45.3 Å². The molecule has 1 saturated heterocycles. The summed E-state index contributed by atoms with van der Waals surface area (Å²) in [5.74, 6) is 2.44. The van der Waals surface area contributed by atoms with Gasteiger partial charge in [0.15, 0.2) is 0 Å². The summed E-state index contributed by atoms with van der Waals surface area (Å²) in [4.78, 5) is 31.9. The van der Waals surface area contributed by atoms with Crippen molar-refractivity contribution < 1.29 is 9.59 Å². The second-order valence-electron chi connectivity index (χ2n) is 10.6. The highest BCUT2D eigenvalue weighted by atomic mass is 16.2. The summed E-state index contributed by atoms with van der Waals surface area (Å²) in [7, 11) is 0. The first-order chi connectivity index (χ1) is 14.4. The van der Waals surface area contributed by atoms with Crippen LogP contribution in [0, 0.1) is 23.2 Å². The molecule has 5 heteroatoms. The van der Waals surface area contributed by atoms with E-state index >= 15 is 0 Å². The Hall–Kier alpha value is -1.36. The molecule has 168 valence electrons. The van der Waals surface area contributed by atoms with Crippen LogP contribution in [-0.4, -0.2) is 72.3 Å². The third kappa shape index (κ3) is 4.32. The Balaban J connectivity index is 1.26. The zero-order valence-electron chi connectivity index (χ0n) is 19.4. The van der Waals surface area contributed by atoms with Gasteiger partial charge in [-0.2, -0.15) is 0 Å². The number of piperazine rings is 1. The minimum absolute atomic E-state index is 0.269. The molecule has 2 atom stereocenters. The van der Waals surface area contributed by atoms with Gasteiger partial charge in [0.2, 0.25) is 11.8 Å². The van der Waals surface area contributed by atoms with Gasteiger partial charge in [0.25, 0.3) is 0 Å². The van der Waals surface area contributed by atoms with Crippen LogP contribution in [-0.2, 0) is 9.59 Å². The van der Waals surface area contributed by atoms with E-state index in [0.717, 1.165) is 64.6 Å². The number of nitrogens with zero attached hydrogens (tertiary/aromatic N) is 3. The van der Waals surface area contributed by atoms with Crippen LogP contribution in [0.5, 0.6) is 0 Å². The molecule has 1 heterocycles. The van der Waals surface area contributed by atoms with Crippen LogP contribution in [0.25, 0.3) is 0 Å². The lowest BCUT2D eigenvalue weighted by Crippen LogP contribution is -2.52. The molecule has 4 aliphatic carbocycles. The zero-order valence-corrected chi connectivity index (χ0v) is 19.4. The summed E-state index contributed by atoms with van der Waals surface area (Å²) in [6, 6.07) is 0. The SMILES string of the molecule is CCC(=O)N(CCN1CCN(C(=O)C2CCCC2)CC1)CC1=CCC2CC1C2(C)C. The van der Waals surface area contributed by atoms with Gasteiger partial charge in [-0.3, -0.25) is 14.5 Å². The number of fused-ring (bicyclic) bond motifs is 1. The molecule has 1 aliphatic heterocycles. The van der Waals surface area contributed by atoms with Crippen molar-refractivity contribution in [2.24, 2.45) is 23.2 Å². The quantitative estimate of drug-likeness (QED) is 0.597. The van der Waals surface area contributed by atoms with Crippen molar-refractivity contribution in [1.82, 2.24) is 14.7 Å². The maximum absolute atomic E-state index is 12.7. The van der Waals surface area contributed by atoms with Gasteiger partial charge >= 0.3 is 0 Å². The summed E-state index contributed by atoms with van der Waals surface area (Å²) in [6.45, 7) is 12.9. The molecule has 2 saturated carbocycles. The van der Waals surface area contributed by atoms with E-state index in [1.807, 2.05) is 6.92 Å². The Morgan fingerprint density at radius 1 is 1.13 bits per heavy atom. The number of hydrogen-bond acceptors (Lipinski definition) is 3. The van der Waals surface area contributed by atoms with Crippen LogP contribution >= 0.6 is 0 Å². The third-order valence-corrected chi connectivity index (χ3v) is 8.69. The first-order valence-corrected chi connectivity index (χ1v) is 12.4. The van der Waals surface area contributed by atoms with Gasteiger partial charge in [-0.15, -0.1) is 0 Å². The number of allylic oxidation sites excluding steroid dienone is 1. The monoisotopic (exact) mass is 415 g/mol. The van der Waals surface area contributed by atoms with Crippen LogP contribution in [0.2, 0.25) is 0 Å². The van der Waals surface area contributed by atoms with E-state index in [2.05, 4.69) is 34.6 Å². The van der Waals surface area contributed by atoms with E-state index < -0.39 is 0 Å². The number of rotatable bonds is 7. The van der Waals surface area contributed by atoms with Gasteiger partial charge < -0.3 is 9.80 Å². The van der Waals surface area contributed by atoms with Gasteiger partial charge in [-0.05, 0) is 42.9 Å². The van der Waals surface area contributed by atoms with E-state index in [-0.39, 0.29) is 11.8 Å². The summed E-state index contributed by atoms with van der Waals surface area (Å²) >= 11 is 0. The lowest BCUT2D eigenvalue weighted by Gasteiger charge is -2.57. The molecule has 5 nitrogen and oxygen atoms in total. The number of hydrogen-bond donors (Lipinski definition) is 0. The summed E-state index contributed by atoms with van der Waals surface area (Å²) < 4.78 is 0. The van der Waals surface area contributed by atoms with Crippen molar-refractivity contribution in [1.29, 1.82) is 0 Å². The Bertz CT molecular complexity index is 672. The molecule has 0 aromatic carbocycles. The predicted octanol–water partition coefficient (Wildman–Crippen LogP) is 3.55.